The van der Waals surface area contributed by atoms with Crippen LogP contribution in [0, 0.1) is 6.92 Å². The fourth-order valence-corrected chi connectivity index (χ4v) is 3.15. The van der Waals surface area contributed by atoms with Gasteiger partial charge in [-0.2, -0.15) is 0 Å². The Labute approximate surface area is 147 Å². The Morgan fingerprint density at radius 2 is 1.88 bits per heavy atom. The lowest BCUT2D eigenvalue weighted by Gasteiger charge is -2.21. The first-order valence-electron chi connectivity index (χ1n) is 8.65. The Hall–Kier alpha value is -2.57. The molecule has 2 amide bonds. The van der Waals surface area contributed by atoms with E-state index in [1.807, 2.05) is 36.7 Å². The van der Waals surface area contributed by atoms with Crippen LogP contribution in [0.2, 0.25) is 0 Å². The molecule has 2 heterocycles. The first kappa shape index (κ1) is 17.3. The van der Waals surface area contributed by atoms with Crippen LogP contribution < -0.4 is 0 Å². The number of amides is 2. The molecule has 1 aliphatic rings. The van der Waals surface area contributed by atoms with E-state index in [4.69, 9.17) is 4.74 Å². The number of aromatic nitrogens is 2. The molecule has 25 heavy (non-hydrogen) atoms. The van der Waals surface area contributed by atoms with Crippen LogP contribution in [-0.4, -0.2) is 64.1 Å². The third kappa shape index (κ3) is 3.45. The van der Waals surface area contributed by atoms with E-state index in [2.05, 4.69) is 4.98 Å². The standard InChI is InChI=1S/C18H24N4O3/c1-4-25-18(24)22-9-5-8-21(10-11-22)17(23)14-6-7-16-15(12-14)19-13(2)20(16)3/h6-7,12H,4-5,8-11H2,1-3H3. The molecule has 0 radical (unpaired) electrons. The van der Waals surface area contributed by atoms with Crippen molar-refractivity contribution in [3.63, 3.8) is 0 Å². The smallest absolute Gasteiger partial charge is 0.409 e. The molecule has 134 valence electrons. The largest absolute Gasteiger partial charge is 0.450 e. The molecule has 1 aromatic heterocycles. The van der Waals surface area contributed by atoms with Crippen molar-refractivity contribution in [3.8, 4) is 0 Å². The normalized spacial score (nSPS) is 15.3. The molecule has 1 aliphatic heterocycles. The molecule has 0 unspecified atom stereocenters. The van der Waals surface area contributed by atoms with Gasteiger partial charge in [0.25, 0.3) is 5.91 Å². The molecule has 0 N–H and O–H groups in total. The van der Waals surface area contributed by atoms with Crippen LogP contribution in [0.15, 0.2) is 18.2 Å². The minimum absolute atomic E-state index is 0.0177. The first-order chi connectivity index (χ1) is 12.0. The number of ether oxygens (including phenoxy) is 1. The average Bonchev–Trinajstić information content (AvgIpc) is 2.79. The number of aryl methyl sites for hydroxylation is 2. The topological polar surface area (TPSA) is 67.7 Å². The number of hydrogen-bond acceptors (Lipinski definition) is 4. The number of carbonyl (C=O) groups excluding carboxylic acids is 2. The van der Waals surface area contributed by atoms with Gasteiger partial charge in [0.1, 0.15) is 5.82 Å². The highest BCUT2D eigenvalue weighted by atomic mass is 16.6. The average molecular weight is 344 g/mol. The summed E-state index contributed by atoms with van der Waals surface area (Å²) < 4.78 is 7.06. The number of imidazole rings is 1. The lowest BCUT2D eigenvalue weighted by molar-refractivity contribution is 0.0753. The summed E-state index contributed by atoms with van der Waals surface area (Å²) in [6.45, 7) is 6.35. The Morgan fingerprint density at radius 3 is 2.64 bits per heavy atom. The molecule has 0 atom stereocenters. The molecule has 1 fully saturated rings. The van der Waals surface area contributed by atoms with E-state index in [9.17, 15) is 9.59 Å². The van der Waals surface area contributed by atoms with Gasteiger partial charge in [-0.05, 0) is 38.5 Å². The van der Waals surface area contributed by atoms with Crippen LogP contribution in [-0.2, 0) is 11.8 Å². The summed E-state index contributed by atoms with van der Waals surface area (Å²) in [4.78, 5) is 32.7. The van der Waals surface area contributed by atoms with Crippen molar-refractivity contribution in [2.45, 2.75) is 20.3 Å². The van der Waals surface area contributed by atoms with Gasteiger partial charge in [0.05, 0.1) is 17.6 Å². The lowest BCUT2D eigenvalue weighted by atomic mass is 10.1. The SMILES string of the molecule is CCOC(=O)N1CCCN(C(=O)c2ccc3c(c2)nc(C)n3C)CC1. The number of benzene rings is 1. The molecule has 7 heteroatoms. The van der Waals surface area contributed by atoms with Gasteiger partial charge in [-0.3, -0.25) is 4.79 Å². The first-order valence-corrected chi connectivity index (χ1v) is 8.65. The van der Waals surface area contributed by atoms with Crippen molar-refractivity contribution in [1.29, 1.82) is 0 Å². The van der Waals surface area contributed by atoms with E-state index in [0.717, 1.165) is 23.3 Å². The van der Waals surface area contributed by atoms with Gasteiger partial charge in [0.2, 0.25) is 0 Å². The lowest BCUT2D eigenvalue weighted by Crippen LogP contribution is -2.37. The number of nitrogens with zero attached hydrogens (tertiary/aromatic N) is 4. The maximum Gasteiger partial charge on any atom is 0.409 e. The van der Waals surface area contributed by atoms with Crippen LogP contribution >= 0.6 is 0 Å². The van der Waals surface area contributed by atoms with E-state index in [1.54, 1.807) is 16.7 Å². The highest BCUT2D eigenvalue weighted by Crippen LogP contribution is 2.18. The van der Waals surface area contributed by atoms with Crippen molar-refractivity contribution in [2.24, 2.45) is 7.05 Å². The summed E-state index contributed by atoms with van der Waals surface area (Å²) in [6, 6.07) is 5.63. The van der Waals surface area contributed by atoms with Gasteiger partial charge in [-0.25, -0.2) is 9.78 Å². The molecule has 0 spiro atoms. The Kier molecular flexibility index (Phi) is 4.92. The second kappa shape index (κ2) is 7.13. The zero-order valence-electron chi connectivity index (χ0n) is 15.0. The number of hydrogen-bond donors (Lipinski definition) is 0. The Balaban J connectivity index is 1.73. The van der Waals surface area contributed by atoms with Crippen LogP contribution in [0.25, 0.3) is 11.0 Å². The second-order valence-corrected chi connectivity index (χ2v) is 6.25. The summed E-state index contributed by atoms with van der Waals surface area (Å²) in [7, 11) is 1.96. The van der Waals surface area contributed by atoms with Crippen LogP contribution in [0.5, 0.6) is 0 Å². The van der Waals surface area contributed by atoms with E-state index in [0.29, 0.717) is 38.3 Å². The third-order valence-electron chi connectivity index (χ3n) is 4.66. The quantitative estimate of drug-likeness (QED) is 0.837. The maximum atomic E-state index is 12.8. The molecule has 7 nitrogen and oxygen atoms in total. The molecular formula is C18H24N4O3. The molecule has 2 aromatic rings. The molecule has 0 saturated carbocycles. The Morgan fingerprint density at radius 1 is 1.16 bits per heavy atom. The van der Waals surface area contributed by atoms with Gasteiger partial charge >= 0.3 is 6.09 Å². The van der Waals surface area contributed by atoms with Crippen molar-refractivity contribution in [2.75, 3.05) is 32.8 Å². The second-order valence-electron chi connectivity index (χ2n) is 6.25. The van der Waals surface area contributed by atoms with E-state index in [1.165, 1.54) is 0 Å². The summed E-state index contributed by atoms with van der Waals surface area (Å²) in [5.74, 6) is 0.898. The minimum Gasteiger partial charge on any atom is -0.450 e. The van der Waals surface area contributed by atoms with Crippen molar-refractivity contribution in [3.05, 3.63) is 29.6 Å². The van der Waals surface area contributed by atoms with E-state index >= 15 is 0 Å². The number of carbonyl (C=O) groups is 2. The number of rotatable bonds is 2. The van der Waals surface area contributed by atoms with Gasteiger partial charge in [-0.15, -0.1) is 0 Å². The van der Waals surface area contributed by atoms with E-state index in [-0.39, 0.29) is 12.0 Å². The molecule has 1 aromatic carbocycles. The van der Waals surface area contributed by atoms with Gasteiger partial charge in [-0.1, -0.05) is 0 Å². The molecule has 0 bridgehead atoms. The summed E-state index contributed by atoms with van der Waals surface area (Å²) in [5.41, 5.74) is 2.47. The van der Waals surface area contributed by atoms with Crippen molar-refractivity contribution < 1.29 is 14.3 Å². The fraction of sp³-hybridized carbons (Fsp3) is 0.500. The van der Waals surface area contributed by atoms with Crippen molar-refractivity contribution >= 4 is 23.0 Å². The van der Waals surface area contributed by atoms with Gasteiger partial charge in [0, 0.05) is 38.8 Å². The van der Waals surface area contributed by atoms with Crippen LogP contribution in [0.3, 0.4) is 0 Å². The highest BCUT2D eigenvalue weighted by molar-refractivity contribution is 5.97. The number of fused-ring (bicyclic) bond motifs is 1. The zero-order valence-corrected chi connectivity index (χ0v) is 15.0. The fourth-order valence-electron chi connectivity index (χ4n) is 3.15. The minimum atomic E-state index is -0.304. The zero-order chi connectivity index (χ0) is 18.0. The van der Waals surface area contributed by atoms with Crippen molar-refractivity contribution in [1.82, 2.24) is 19.4 Å². The van der Waals surface area contributed by atoms with Crippen LogP contribution in [0.4, 0.5) is 4.79 Å². The summed E-state index contributed by atoms with van der Waals surface area (Å²) in [6.07, 6.45) is 0.442. The molecule has 0 aliphatic carbocycles. The van der Waals surface area contributed by atoms with Gasteiger partial charge in [0.15, 0.2) is 0 Å². The summed E-state index contributed by atoms with van der Waals surface area (Å²) in [5, 5.41) is 0. The highest BCUT2D eigenvalue weighted by Gasteiger charge is 2.23. The molecular weight excluding hydrogens is 320 g/mol. The predicted octanol–water partition coefficient (Wildman–Crippen LogP) is 2.19. The maximum absolute atomic E-state index is 12.8. The van der Waals surface area contributed by atoms with Gasteiger partial charge < -0.3 is 19.1 Å². The monoisotopic (exact) mass is 344 g/mol. The Bertz CT molecular complexity index is 799. The third-order valence-corrected chi connectivity index (χ3v) is 4.66. The predicted molar refractivity (Wildman–Crippen MR) is 94.6 cm³/mol. The summed E-state index contributed by atoms with van der Waals surface area (Å²) >= 11 is 0. The van der Waals surface area contributed by atoms with E-state index < -0.39 is 0 Å². The molecule has 1 saturated heterocycles. The molecule has 3 rings (SSSR count). The van der Waals surface area contributed by atoms with Crippen LogP contribution in [0.1, 0.15) is 29.5 Å².